The van der Waals surface area contributed by atoms with Crippen LogP contribution in [0.5, 0.6) is 0 Å². The summed E-state index contributed by atoms with van der Waals surface area (Å²) >= 11 is 0. The molecule has 0 fully saturated rings. The zero-order valence-electron chi connectivity index (χ0n) is 8.45. The molecule has 0 amide bonds. The van der Waals surface area contributed by atoms with E-state index in [0.717, 1.165) is 11.1 Å². The molecule has 0 aliphatic heterocycles. The van der Waals surface area contributed by atoms with Crippen LogP contribution in [0.1, 0.15) is 5.56 Å². The molecule has 1 aromatic carbocycles. The third-order valence-corrected chi connectivity index (χ3v) is 2.32. The van der Waals surface area contributed by atoms with Crippen molar-refractivity contribution in [3.8, 4) is 11.1 Å². The van der Waals surface area contributed by atoms with Gasteiger partial charge in [-0.1, -0.05) is 29.8 Å². The average molecular weight is 200 g/mol. The van der Waals surface area contributed by atoms with Crippen LogP contribution in [0.3, 0.4) is 0 Å². The van der Waals surface area contributed by atoms with E-state index >= 15 is 0 Å². The van der Waals surface area contributed by atoms with Crippen molar-refractivity contribution in [1.29, 1.82) is 0 Å². The number of benzene rings is 1. The molecule has 76 valence electrons. The van der Waals surface area contributed by atoms with Crippen LogP contribution in [0, 0.1) is 6.92 Å². The second-order valence-electron chi connectivity index (χ2n) is 3.54. The number of nitrogens with one attached hydrogen (secondary N) is 1. The van der Waals surface area contributed by atoms with Crippen LogP contribution in [0.2, 0.25) is 0 Å². The molecule has 3 N–H and O–H groups in total. The van der Waals surface area contributed by atoms with Crippen molar-refractivity contribution < 1.29 is 0 Å². The minimum Gasteiger partial charge on any atom is -0.394 e. The van der Waals surface area contributed by atoms with E-state index in [2.05, 4.69) is 4.98 Å². The Kier molecular flexibility index (Phi) is 2.29. The van der Waals surface area contributed by atoms with Gasteiger partial charge in [-0.2, -0.15) is 0 Å². The second-order valence-corrected chi connectivity index (χ2v) is 3.54. The van der Waals surface area contributed by atoms with Crippen LogP contribution in [0.4, 0.5) is 5.69 Å². The van der Waals surface area contributed by atoms with Gasteiger partial charge in [-0.05, 0) is 18.6 Å². The number of rotatable bonds is 1. The minimum absolute atomic E-state index is 0.244. The first-order valence-electron chi connectivity index (χ1n) is 4.72. The first kappa shape index (κ1) is 9.52. The van der Waals surface area contributed by atoms with Gasteiger partial charge in [0.2, 0.25) is 0 Å². The lowest BCUT2D eigenvalue weighted by Crippen LogP contribution is -2.10. The van der Waals surface area contributed by atoms with E-state index in [1.165, 1.54) is 5.56 Å². The highest BCUT2D eigenvalue weighted by Gasteiger charge is 1.99. The van der Waals surface area contributed by atoms with E-state index < -0.39 is 0 Å². The highest BCUT2D eigenvalue weighted by Crippen LogP contribution is 2.18. The topological polar surface area (TPSA) is 58.9 Å². The standard InChI is InChI=1S/C12H12N2O/c1-8-2-4-9(5-3-8)10-6-11(13)12(15)14-7-10/h2-7H,13H2,1H3,(H,14,15). The predicted octanol–water partition coefficient (Wildman–Crippen LogP) is 1.93. The Balaban J connectivity index is 2.50. The summed E-state index contributed by atoms with van der Waals surface area (Å²) in [4.78, 5) is 13.7. The van der Waals surface area contributed by atoms with Crippen molar-refractivity contribution in [1.82, 2.24) is 4.98 Å². The molecule has 0 atom stereocenters. The van der Waals surface area contributed by atoms with E-state index in [1.54, 1.807) is 12.3 Å². The van der Waals surface area contributed by atoms with Gasteiger partial charge in [0.25, 0.3) is 5.56 Å². The molecule has 0 aliphatic carbocycles. The van der Waals surface area contributed by atoms with E-state index in [-0.39, 0.29) is 11.2 Å². The number of hydrogen-bond acceptors (Lipinski definition) is 2. The molecule has 0 saturated heterocycles. The Bertz CT molecular complexity index is 526. The SMILES string of the molecule is Cc1ccc(-c2c[nH]c(=O)c(N)c2)cc1. The maximum absolute atomic E-state index is 11.1. The summed E-state index contributed by atoms with van der Waals surface area (Å²) < 4.78 is 0. The first-order chi connectivity index (χ1) is 7.16. The van der Waals surface area contributed by atoms with Crippen LogP contribution in [-0.2, 0) is 0 Å². The number of aryl methyl sites for hydroxylation is 1. The Morgan fingerprint density at radius 3 is 2.40 bits per heavy atom. The maximum Gasteiger partial charge on any atom is 0.271 e. The van der Waals surface area contributed by atoms with Crippen molar-refractivity contribution in [2.45, 2.75) is 6.92 Å². The Morgan fingerprint density at radius 1 is 1.13 bits per heavy atom. The summed E-state index contributed by atoms with van der Waals surface area (Å²) in [5.74, 6) is 0. The minimum atomic E-state index is -0.245. The van der Waals surface area contributed by atoms with Gasteiger partial charge in [0.15, 0.2) is 0 Å². The normalized spacial score (nSPS) is 10.2. The molecule has 0 spiro atoms. The van der Waals surface area contributed by atoms with Gasteiger partial charge in [-0.3, -0.25) is 4.79 Å². The molecular weight excluding hydrogens is 188 g/mol. The lowest BCUT2D eigenvalue weighted by molar-refractivity contribution is 1.24. The zero-order valence-corrected chi connectivity index (χ0v) is 8.45. The molecule has 3 nitrogen and oxygen atoms in total. The molecule has 0 saturated carbocycles. The molecule has 0 bridgehead atoms. The molecule has 3 heteroatoms. The van der Waals surface area contributed by atoms with Crippen molar-refractivity contribution in [2.75, 3.05) is 5.73 Å². The van der Waals surface area contributed by atoms with Gasteiger partial charge in [-0.25, -0.2) is 0 Å². The highest BCUT2D eigenvalue weighted by molar-refractivity contribution is 5.65. The molecule has 0 unspecified atom stereocenters. The fourth-order valence-corrected chi connectivity index (χ4v) is 1.41. The van der Waals surface area contributed by atoms with Gasteiger partial charge >= 0.3 is 0 Å². The molecule has 0 aliphatic rings. The van der Waals surface area contributed by atoms with Crippen molar-refractivity contribution in [2.24, 2.45) is 0 Å². The summed E-state index contributed by atoms with van der Waals surface area (Å²) in [6.45, 7) is 2.03. The average Bonchev–Trinajstić information content (AvgIpc) is 2.23. The Hall–Kier alpha value is -2.03. The third-order valence-electron chi connectivity index (χ3n) is 2.32. The highest BCUT2D eigenvalue weighted by atomic mass is 16.1. The van der Waals surface area contributed by atoms with Gasteiger partial charge in [0.1, 0.15) is 0 Å². The predicted molar refractivity (Wildman–Crippen MR) is 61.6 cm³/mol. The van der Waals surface area contributed by atoms with Crippen molar-refractivity contribution in [3.05, 3.63) is 52.4 Å². The van der Waals surface area contributed by atoms with E-state index in [0.29, 0.717) is 0 Å². The second kappa shape index (κ2) is 3.61. The smallest absolute Gasteiger partial charge is 0.271 e. The number of aromatic nitrogens is 1. The van der Waals surface area contributed by atoms with Gasteiger partial charge in [0, 0.05) is 11.8 Å². The molecular formula is C12H12N2O. The van der Waals surface area contributed by atoms with E-state index in [9.17, 15) is 4.79 Å². The number of aromatic amines is 1. The van der Waals surface area contributed by atoms with Crippen molar-refractivity contribution >= 4 is 5.69 Å². The third kappa shape index (κ3) is 1.91. The van der Waals surface area contributed by atoms with Gasteiger partial charge in [0.05, 0.1) is 5.69 Å². The van der Waals surface area contributed by atoms with Crippen LogP contribution >= 0.6 is 0 Å². The van der Waals surface area contributed by atoms with E-state index in [4.69, 9.17) is 5.73 Å². The Morgan fingerprint density at radius 2 is 1.80 bits per heavy atom. The number of hydrogen-bond donors (Lipinski definition) is 2. The summed E-state index contributed by atoms with van der Waals surface area (Å²) in [6, 6.07) is 9.74. The maximum atomic E-state index is 11.1. The van der Waals surface area contributed by atoms with Gasteiger partial charge in [-0.15, -0.1) is 0 Å². The Labute approximate surface area is 87.6 Å². The molecule has 0 radical (unpaired) electrons. The number of nitrogens with two attached hydrogens (primary N) is 1. The largest absolute Gasteiger partial charge is 0.394 e. The number of nitrogen functional groups attached to an aromatic ring is 1. The lowest BCUT2D eigenvalue weighted by atomic mass is 10.1. The summed E-state index contributed by atoms with van der Waals surface area (Å²) in [5, 5.41) is 0. The molecule has 2 rings (SSSR count). The fourth-order valence-electron chi connectivity index (χ4n) is 1.41. The zero-order chi connectivity index (χ0) is 10.8. The summed E-state index contributed by atoms with van der Waals surface area (Å²) in [7, 11) is 0. The van der Waals surface area contributed by atoms with Crippen LogP contribution < -0.4 is 11.3 Å². The number of pyridine rings is 1. The van der Waals surface area contributed by atoms with Crippen LogP contribution in [0.15, 0.2) is 41.3 Å². The fraction of sp³-hybridized carbons (Fsp3) is 0.0833. The molecule has 2 aromatic rings. The lowest BCUT2D eigenvalue weighted by Gasteiger charge is -2.02. The van der Waals surface area contributed by atoms with E-state index in [1.807, 2.05) is 31.2 Å². The quantitative estimate of drug-likeness (QED) is 0.739. The summed E-state index contributed by atoms with van der Waals surface area (Å²) in [5.41, 5.74) is 8.72. The number of anilines is 1. The van der Waals surface area contributed by atoms with Crippen LogP contribution in [-0.4, -0.2) is 4.98 Å². The molecule has 1 heterocycles. The molecule has 1 aromatic heterocycles. The van der Waals surface area contributed by atoms with Crippen LogP contribution in [0.25, 0.3) is 11.1 Å². The monoisotopic (exact) mass is 200 g/mol. The number of H-pyrrole nitrogens is 1. The summed E-state index contributed by atoms with van der Waals surface area (Å²) in [6.07, 6.45) is 1.67. The van der Waals surface area contributed by atoms with Gasteiger partial charge < -0.3 is 10.7 Å². The molecule has 15 heavy (non-hydrogen) atoms. The first-order valence-corrected chi connectivity index (χ1v) is 4.72. The van der Waals surface area contributed by atoms with Crippen molar-refractivity contribution in [3.63, 3.8) is 0 Å².